The summed E-state index contributed by atoms with van der Waals surface area (Å²) in [6.07, 6.45) is -8.13. The number of hydrogen-bond acceptors (Lipinski definition) is 1. The zero-order valence-corrected chi connectivity index (χ0v) is 16.5. The lowest BCUT2D eigenvalue weighted by molar-refractivity contribution is -0.472. The van der Waals surface area contributed by atoms with Crippen LogP contribution in [0.2, 0.25) is 0 Å². The standard InChI is InChI=1S/C11F24OSi/c12-2(13,1(36)37(33,34)35)3(14,15)4(16,17)5(18,19)6(20,21)7(22,23)8(24,25)9(26,27)10(28,29)11(30,31)32. The number of rotatable bonds is 10. The summed E-state index contributed by atoms with van der Waals surface area (Å²) in [4.78, 5) is 10.2. The van der Waals surface area contributed by atoms with Gasteiger partial charge in [0, 0.05) is 0 Å². The summed E-state index contributed by atoms with van der Waals surface area (Å²) in [5.74, 6) is -81.8. The smallest absolute Gasteiger partial charge is 0.288 e. The first-order chi connectivity index (χ1) is 15.4. The van der Waals surface area contributed by atoms with Crippen LogP contribution < -0.4 is 0 Å². The molecule has 0 N–H and O–H groups in total. The van der Waals surface area contributed by atoms with Crippen molar-refractivity contribution in [1.82, 2.24) is 0 Å². The molecular weight excluding hydrogens is 632 g/mol. The Morgan fingerprint density at radius 2 is 0.541 bits per heavy atom. The average Bonchev–Trinajstić information content (AvgIpc) is 2.64. The monoisotopic (exact) mass is 632 g/mol. The SMILES string of the molecule is O=C(C(F)(F)C(F)(F)C(F)(F)C(F)(F)C(F)(F)C(F)(F)C(F)(F)C(F)(F)C(F)(F)C(F)(F)F)[Si](F)(F)F. The van der Waals surface area contributed by atoms with E-state index >= 15 is 0 Å². The van der Waals surface area contributed by atoms with Crippen molar-refractivity contribution >= 4 is 14.5 Å². The van der Waals surface area contributed by atoms with Crippen molar-refractivity contribution in [2.24, 2.45) is 0 Å². The van der Waals surface area contributed by atoms with Gasteiger partial charge < -0.3 is 0 Å². The largest absolute Gasteiger partial charge is 0.697 e. The minimum absolute atomic E-state index is 5.34. The molecule has 0 amide bonds. The molecule has 1 nitrogen and oxygen atoms in total. The zero-order chi connectivity index (χ0) is 31.1. The maximum Gasteiger partial charge on any atom is 0.697 e. The summed E-state index contributed by atoms with van der Waals surface area (Å²) in [6, 6.07) is 0. The van der Waals surface area contributed by atoms with E-state index in [4.69, 9.17) is 0 Å². The molecule has 0 aromatic rings. The number of halogens is 24. The molecule has 0 radical (unpaired) electrons. The third-order valence-electron chi connectivity index (χ3n) is 4.05. The van der Waals surface area contributed by atoms with Crippen molar-refractivity contribution in [3.63, 3.8) is 0 Å². The first-order valence-electron chi connectivity index (χ1n) is 7.49. The molecule has 0 aliphatic carbocycles. The van der Waals surface area contributed by atoms with Crippen LogP contribution in [0.1, 0.15) is 0 Å². The number of carbonyl (C=O) groups is 1. The van der Waals surface area contributed by atoms with Crippen molar-refractivity contribution in [3.8, 4) is 0 Å². The lowest BCUT2D eigenvalue weighted by Crippen LogP contribution is -2.77. The van der Waals surface area contributed by atoms with Gasteiger partial charge in [-0.2, -0.15) is 92.2 Å². The maximum absolute atomic E-state index is 13.3. The third-order valence-corrected chi connectivity index (χ3v) is 4.88. The van der Waals surface area contributed by atoms with Gasteiger partial charge in [0.1, 0.15) is 0 Å². The Kier molecular flexibility index (Phi) is 7.95. The van der Waals surface area contributed by atoms with Gasteiger partial charge in [0.25, 0.3) is 5.41 Å². The van der Waals surface area contributed by atoms with Crippen LogP contribution in [0.3, 0.4) is 0 Å². The van der Waals surface area contributed by atoms with E-state index in [9.17, 15) is 109 Å². The molecular formula is C11F24OSi. The Labute approximate surface area is 184 Å². The molecule has 0 spiro atoms. The zero-order valence-electron chi connectivity index (χ0n) is 15.5. The minimum atomic E-state index is -9.49. The Hall–Kier alpha value is -1.79. The Morgan fingerprint density at radius 1 is 0.351 bits per heavy atom. The predicted molar refractivity (Wildman–Crippen MR) is 64.7 cm³/mol. The number of carbonyl (C=O) groups excluding carboxylic acids is 1. The van der Waals surface area contributed by atoms with Crippen LogP contribution in [0.5, 0.6) is 0 Å². The van der Waals surface area contributed by atoms with Crippen molar-refractivity contribution < 1.29 is 109 Å². The first kappa shape index (κ1) is 35.2. The summed E-state index contributed by atoms with van der Waals surface area (Å²) < 4.78 is 308. The van der Waals surface area contributed by atoms with E-state index in [-0.39, 0.29) is 0 Å². The molecule has 37 heavy (non-hydrogen) atoms. The van der Waals surface area contributed by atoms with E-state index in [1.165, 1.54) is 0 Å². The predicted octanol–water partition coefficient (Wildman–Crippen LogP) is 7.22. The van der Waals surface area contributed by atoms with Gasteiger partial charge in [-0.15, -0.1) is 0 Å². The molecule has 0 fully saturated rings. The highest BCUT2D eigenvalue weighted by molar-refractivity contribution is 6.92. The van der Waals surface area contributed by atoms with E-state index in [2.05, 4.69) is 0 Å². The van der Waals surface area contributed by atoms with Gasteiger partial charge in [0.2, 0.25) is 0 Å². The maximum atomic E-state index is 13.3. The molecule has 0 aromatic heterocycles. The molecule has 0 heterocycles. The van der Waals surface area contributed by atoms with E-state index < -0.39 is 74.0 Å². The van der Waals surface area contributed by atoms with Crippen LogP contribution in [0.15, 0.2) is 0 Å². The highest BCUT2D eigenvalue weighted by Crippen LogP contribution is 2.66. The fourth-order valence-corrected chi connectivity index (χ4v) is 2.39. The molecule has 0 aliphatic heterocycles. The lowest BCUT2D eigenvalue weighted by atomic mass is 9.86. The fraction of sp³-hybridized carbons (Fsp3) is 0.909. The molecule has 0 aliphatic rings. The quantitative estimate of drug-likeness (QED) is 0.141. The molecule has 0 atom stereocenters. The second kappa shape index (κ2) is 8.35. The number of hydrogen-bond donors (Lipinski definition) is 0. The van der Waals surface area contributed by atoms with Crippen molar-refractivity contribution in [2.45, 2.75) is 59.5 Å². The molecule has 0 rings (SSSR count). The molecule has 222 valence electrons. The Bertz CT molecular complexity index is 874. The van der Waals surface area contributed by atoms with Crippen LogP contribution in [-0.4, -0.2) is 74.0 Å². The van der Waals surface area contributed by atoms with Crippen LogP contribution in [0, 0.1) is 0 Å². The molecule has 26 heteroatoms. The second-order valence-corrected chi connectivity index (χ2v) is 7.94. The van der Waals surface area contributed by atoms with E-state index in [0.717, 1.165) is 0 Å². The summed E-state index contributed by atoms with van der Waals surface area (Å²) in [6.45, 7) is 0. The second-order valence-electron chi connectivity index (χ2n) is 6.49. The molecule has 0 aromatic carbocycles. The van der Waals surface area contributed by atoms with Crippen LogP contribution in [0.4, 0.5) is 105 Å². The summed E-state index contributed by atoms with van der Waals surface area (Å²) in [5, 5.41) is -5.34. The van der Waals surface area contributed by atoms with Crippen LogP contribution in [0.25, 0.3) is 0 Å². The van der Waals surface area contributed by atoms with Gasteiger partial charge in [0.05, 0.1) is 0 Å². The van der Waals surface area contributed by atoms with Crippen molar-refractivity contribution in [3.05, 3.63) is 0 Å². The highest BCUT2D eigenvalue weighted by atomic mass is 28.5. The molecule has 0 unspecified atom stereocenters. The van der Waals surface area contributed by atoms with E-state index in [1.54, 1.807) is 0 Å². The van der Waals surface area contributed by atoms with Gasteiger partial charge in [-0.05, 0) is 0 Å². The van der Waals surface area contributed by atoms with Crippen molar-refractivity contribution in [1.29, 1.82) is 0 Å². The minimum Gasteiger partial charge on any atom is -0.288 e. The first-order valence-corrected chi connectivity index (χ1v) is 9.12. The molecule has 0 bridgehead atoms. The summed E-state index contributed by atoms with van der Waals surface area (Å²) in [7, 11) is -9.01. The Balaban J connectivity index is 7.19. The van der Waals surface area contributed by atoms with Crippen LogP contribution in [-0.2, 0) is 4.79 Å². The lowest BCUT2D eigenvalue weighted by Gasteiger charge is -2.44. The normalized spacial score (nSPS) is 16.8. The average molecular weight is 632 g/mol. The van der Waals surface area contributed by atoms with Gasteiger partial charge in [0.15, 0.2) is 0 Å². The highest BCUT2D eigenvalue weighted by Gasteiger charge is 2.98. The van der Waals surface area contributed by atoms with Gasteiger partial charge >= 0.3 is 68.6 Å². The van der Waals surface area contributed by atoms with Gasteiger partial charge in [-0.1, -0.05) is 0 Å². The third kappa shape index (κ3) is 4.27. The topological polar surface area (TPSA) is 17.1 Å². The van der Waals surface area contributed by atoms with Crippen molar-refractivity contribution in [2.75, 3.05) is 0 Å². The summed E-state index contributed by atoms with van der Waals surface area (Å²) in [5.41, 5.74) is 0. The van der Waals surface area contributed by atoms with E-state index in [1.807, 2.05) is 0 Å². The molecule has 0 saturated heterocycles. The van der Waals surface area contributed by atoms with Crippen LogP contribution >= 0.6 is 0 Å². The molecule has 0 saturated carbocycles. The van der Waals surface area contributed by atoms with Gasteiger partial charge in [-0.3, -0.25) is 4.79 Å². The van der Waals surface area contributed by atoms with Gasteiger partial charge in [-0.25, -0.2) is 12.3 Å². The van der Waals surface area contributed by atoms with E-state index in [0.29, 0.717) is 0 Å². The summed E-state index contributed by atoms with van der Waals surface area (Å²) >= 11 is 0. The fourth-order valence-electron chi connectivity index (χ4n) is 1.88. The Morgan fingerprint density at radius 3 is 0.730 bits per heavy atom. The number of alkyl halides is 21.